The lowest BCUT2D eigenvalue weighted by Crippen LogP contribution is -2.28. The van der Waals surface area contributed by atoms with Crippen molar-refractivity contribution in [1.29, 1.82) is 0 Å². The molecule has 0 heterocycles. The fourth-order valence-corrected chi connectivity index (χ4v) is 1.87. The minimum Gasteiger partial charge on any atom is -0.277 e. The van der Waals surface area contributed by atoms with Crippen molar-refractivity contribution < 1.29 is 9.63 Å². The van der Waals surface area contributed by atoms with Gasteiger partial charge in [0.15, 0.2) is 0 Å². The summed E-state index contributed by atoms with van der Waals surface area (Å²) in [4.78, 5) is 15.9. The third-order valence-corrected chi connectivity index (χ3v) is 2.69. The summed E-state index contributed by atoms with van der Waals surface area (Å²) in [7, 11) is 1.48. The normalized spacial score (nSPS) is 28.8. The first kappa shape index (κ1) is 9.52. The summed E-state index contributed by atoms with van der Waals surface area (Å²) >= 11 is 0. The highest BCUT2D eigenvalue weighted by atomic mass is 16.6. The van der Waals surface area contributed by atoms with Crippen LogP contribution in [0.2, 0.25) is 0 Å². The van der Waals surface area contributed by atoms with Crippen molar-refractivity contribution in [3.05, 3.63) is 0 Å². The topological polar surface area (TPSA) is 38.3 Å². The highest BCUT2D eigenvalue weighted by molar-refractivity contribution is 5.77. The van der Waals surface area contributed by atoms with Crippen molar-refractivity contribution in [2.45, 2.75) is 32.6 Å². The molecule has 0 bridgehead atoms. The molecule has 0 aromatic carbocycles. The molecule has 0 aromatic rings. The van der Waals surface area contributed by atoms with E-state index < -0.39 is 0 Å². The summed E-state index contributed by atoms with van der Waals surface area (Å²) in [5.41, 5.74) is 2.39. The molecule has 0 radical (unpaired) electrons. The Morgan fingerprint density at radius 2 is 2.33 bits per heavy atom. The number of carbonyl (C=O) groups is 1. The standard InChI is InChI=1S/C9H17NO2/c1-3-7-4-5-8(6-7)9(11)10-12-2/h7-8H,3-6H2,1-2H3,(H,10,11). The molecule has 0 aliphatic heterocycles. The van der Waals surface area contributed by atoms with Gasteiger partial charge in [0.25, 0.3) is 0 Å². The maximum absolute atomic E-state index is 11.3. The van der Waals surface area contributed by atoms with Gasteiger partial charge in [-0.05, 0) is 25.2 Å². The van der Waals surface area contributed by atoms with Crippen molar-refractivity contribution in [3.8, 4) is 0 Å². The third-order valence-electron chi connectivity index (χ3n) is 2.69. The van der Waals surface area contributed by atoms with Gasteiger partial charge in [-0.25, -0.2) is 5.48 Å². The molecule has 1 fully saturated rings. The van der Waals surface area contributed by atoms with E-state index in [0.717, 1.165) is 18.8 Å². The summed E-state index contributed by atoms with van der Waals surface area (Å²) in [6.45, 7) is 2.18. The molecular formula is C9H17NO2. The van der Waals surface area contributed by atoms with Gasteiger partial charge in [-0.2, -0.15) is 0 Å². The molecule has 3 heteroatoms. The summed E-state index contributed by atoms with van der Waals surface area (Å²) in [6.07, 6.45) is 4.44. The Labute approximate surface area is 73.4 Å². The highest BCUT2D eigenvalue weighted by Gasteiger charge is 2.28. The van der Waals surface area contributed by atoms with E-state index in [1.54, 1.807) is 0 Å². The molecule has 3 nitrogen and oxygen atoms in total. The molecule has 2 atom stereocenters. The third kappa shape index (κ3) is 2.21. The number of nitrogens with one attached hydrogen (secondary N) is 1. The van der Waals surface area contributed by atoms with E-state index in [1.807, 2.05) is 0 Å². The van der Waals surface area contributed by atoms with Crippen molar-refractivity contribution in [1.82, 2.24) is 5.48 Å². The van der Waals surface area contributed by atoms with Crippen LogP contribution in [0.3, 0.4) is 0 Å². The van der Waals surface area contributed by atoms with Crippen LogP contribution in [0.25, 0.3) is 0 Å². The first-order chi connectivity index (χ1) is 5.77. The van der Waals surface area contributed by atoms with Gasteiger partial charge in [0.2, 0.25) is 5.91 Å². The van der Waals surface area contributed by atoms with Gasteiger partial charge < -0.3 is 0 Å². The summed E-state index contributed by atoms with van der Waals surface area (Å²) in [5, 5.41) is 0. The van der Waals surface area contributed by atoms with Crippen LogP contribution in [0.4, 0.5) is 0 Å². The molecule has 70 valence electrons. The van der Waals surface area contributed by atoms with Crippen LogP contribution in [-0.2, 0) is 9.63 Å². The van der Waals surface area contributed by atoms with E-state index in [-0.39, 0.29) is 11.8 Å². The van der Waals surface area contributed by atoms with Gasteiger partial charge in [0.05, 0.1) is 7.11 Å². The highest BCUT2D eigenvalue weighted by Crippen LogP contribution is 2.32. The van der Waals surface area contributed by atoms with Crippen molar-refractivity contribution in [2.75, 3.05) is 7.11 Å². The summed E-state index contributed by atoms with van der Waals surface area (Å²) < 4.78 is 0. The van der Waals surface area contributed by atoms with E-state index in [2.05, 4.69) is 17.2 Å². The minimum atomic E-state index is 0.0495. The van der Waals surface area contributed by atoms with Gasteiger partial charge in [-0.3, -0.25) is 9.63 Å². The second-order valence-corrected chi connectivity index (χ2v) is 3.45. The number of amides is 1. The summed E-state index contributed by atoms with van der Waals surface area (Å²) in [5.74, 6) is 0.987. The SMILES string of the molecule is CCC1CCC(C(=O)NOC)C1. The van der Waals surface area contributed by atoms with E-state index in [0.29, 0.717) is 0 Å². The number of rotatable bonds is 3. The Kier molecular flexibility index (Phi) is 3.53. The molecule has 2 unspecified atom stereocenters. The zero-order valence-corrected chi connectivity index (χ0v) is 7.80. The molecule has 1 aliphatic carbocycles. The van der Waals surface area contributed by atoms with Crippen LogP contribution < -0.4 is 5.48 Å². The predicted octanol–water partition coefficient (Wildman–Crippen LogP) is 1.49. The molecule has 1 saturated carbocycles. The van der Waals surface area contributed by atoms with Gasteiger partial charge in [-0.15, -0.1) is 0 Å². The largest absolute Gasteiger partial charge is 0.277 e. The van der Waals surface area contributed by atoms with Crippen LogP contribution in [0.5, 0.6) is 0 Å². The molecule has 1 aliphatic rings. The van der Waals surface area contributed by atoms with E-state index >= 15 is 0 Å². The zero-order chi connectivity index (χ0) is 8.97. The first-order valence-corrected chi connectivity index (χ1v) is 4.60. The van der Waals surface area contributed by atoms with Crippen molar-refractivity contribution >= 4 is 5.91 Å². The van der Waals surface area contributed by atoms with Gasteiger partial charge in [0.1, 0.15) is 0 Å². The van der Waals surface area contributed by atoms with Crippen molar-refractivity contribution in [3.63, 3.8) is 0 Å². The number of hydrogen-bond donors (Lipinski definition) is 1. The quantitative estimate of drug-likeness (QED) is 0.653. The van der Waals surface area contributed by atoms with E-state index in [1.165, 1.54) is 20.0 Å². The van der Waals surface area contributed by atoms with Gasteiger partial charge >= 0.3 is 0 Å². The number of hydroxylamine groups is 1. The average Bonchev–Trinajstić information content (AvgIpc) is 2.52. The smallest absolute Gasteiger partial charge is 0.246 e. The van der Waals surface area contributed by atoms with Gasteiger partial charge in [0, 0.05) is 5.92 Å². The molecule has 1 N–H and O–H groups in total. The molecule has 1 amide bonds. The van der Waals surface area contributed by atoms with Crippen LogP contribution in [0.1, 0.15) is 32.6 Å². The van der Waals surface area contributed by atoms with Crippen molar-refractivity contribution in [2.24, 2.45) is 11.8 Å². The van der Waals surface area contributed by atoms with Crippen LogP contribution in [-0.4, -0.2) is 13.0 Å². The lowest BCUT2D eigenvalue weighted by atomic mass is 10.0. The molecular weight excluding hydrogens is 154 g/mol. The fourth-order valence-electron chi connectivity index (χ4n) is 1.87. The van der Waals surface area contributed by atoms with E-state index in [9.17, 15) is 4.79 Å². The Bertz CT molecular complexity index is 159. The minimum absolute atomic E-state index is 0.0495. The first-order valence-electron chi connectivity index (χ1n) is 4.60. The Balaban J connectivity index is 2.31. The lowest BCUT2D eigenvalue weighted by molar-refractivity contribution is -0.135. The zero-order valence-electron chi connectivity index (χ0n) is 7.80. The molecule has 12 heavy (non-hydrogen) atoms. The summed E-state index contributed by atoms with van der Waals surface area (Å²) in [6, 6.07) is 0. The Hall–Kier alpha value is -0.570. The maximum Gasteiger partial charge on any atom is 0.246 e. The maximum atomic E-state index is 11.3. The number of carbonyl (C=O) groups excluding carboxylic acids is 1. The van der Waals surface area contributed by atoms with Crippen LogP contribution >= 0.6 is 0 Å². The van der Waals surface area contributed by atoms with Crippen LogP contribution in [0.15, 0.2) is 0 Å². The van der Waals surface area contributed by atoms with Gasteiger partial charge in [-0.1, -0.05) is 13.3 Å². The Morgan fingerprint density at radius 3 is 2.83 bits per heavy atom. The fraction of sp³-hybridized carbons (Fsp3) is 0.889. The molecule has 1 rings (SSSR count). The number of hydrogen-bond acceptors (Lipinski definition) is 2. The molecule has 0 spiro atoms. The Morgan fingerprint density at radius 1 is 1.58 bits per heavy atom. The molecule has 0 aromatic heterocycles. The lowest BCUT2D eigenvalue weighted by Gasteiger charge is -2.08. The second kappa shape index (κ2) is 4.45. The second-order valence-electron chi connectivity index (χ2n) is 3.45. The monoisotopic (exact) mass is 171 g/mol. The molecule has 0 saturated heterocycles. The average molecular weight is 171 g/mol. The predicted molar refractivity (Wildman–Crippen MR) is 46.3 cm³/mol. The van der Waals surface area contributed by atoms with E-state index in [4.69, 9.17) is 0 Å². The van der Waals surface area contributed by atoms with Crippen LogP contribution in [0, 0.1) is 11.8 Å².